The zero-order chi connectivity index (χ0) is 13.3. The molecule has 2 nitrogen and oxygen atoms in total. The van der Waals surface area contributed by atoms with E-state index in [1.807, 2.05) is 20.8 Å². The highest BCUT2D eigenvalue weighted by atomic mass is 19.4. The number of rotatable bonds is 1. The summed E-state index contributed by atoms with van der Waals surface area (Å²) in [7, 11) is 0. The zero-order valence-electron chi connectivity index (χ0n) is 9.81. The summed E-state index contributed by atoms with van der Waals surface area (Å²) in [5.74, 6) is 0. The number of halogens is 3. The van der Waals surface area contributed by atoms with Crippen molar-refractivity contribution in [2.45, 2.75) is 32.5 Å². The van der Waals surface area contributed by atoms with E-state index in [4.69, 9.17) is 5.26 Å². The highest BCUT2D eigenvalue weighted by Gasteiger charge is 2.34. The molecular weight excluding hydrogens is 229 g/mol. The maximum atomic E-state index is 12.7. The summed E-state index contributed by atoms with van der Waals surface area (Å²) in [6.07, 6.45) is -4.51. The summed E-state index contributed by atoms with van der Waals surface area (Å²) < 4.78 is 38.0. The molecule has 1 rings (SSSR count). The second-order valence-electron chi connectivity index (χ2n) is 4.74. The molecular formula is C12H13F3N2. The number of hydrogen-bond acceptors (Lipinski definition) is 2. The monoisotopic (exact) mass is 242 g/mol. The van der Waals surface area contributed by atoms with Gasteiger partial charge in [0.1, 0.15) is 0 Å². The molecule has 0 heterocycles. The molecule has 0 amide bonds. The number of nitrogens with zero attached hydrogens (tertiary/aromatic N) is 1. The maximum absolute atomic E-state index is 12.7. The van der Waals surface area contributed by atoms with Crippen LogP contribution in [0.15, 0.2) is 18.2 Å². The van der Waals surface area contributed by atoms with Gasteiger partial charge < -0.3 is 5.32 Å². The minimum atomic E-state index is -4.51. The molecule has 0 aliphatic rings. The van der Waals surface area contributed by atoms with Crippen molar-refractivity contribution in [1.29, 1.82) is 5.26 Å². The van der Waals surface area contributed by atoms with Crippen LogP contribution in [0.25, 0.3) is 0 Å². The smallest absolute Gasteiger partial charge is 0.380 e. The van der Waals surface area contributed by atoms with Crippen LogP contribution in [0, 0.1) is 11.3 Å². The first-order chi connectivity index (χ1) is 7.63. The van der Waals surface area contributed by atoms with Crippen molar-refractivity contribution in [1.82, 2.24) is 0 Å². The average Bonchev–Trinajstić information content (AvgIpc) is 2.13. The molecule has 5 heteroatoms. The van der Waals surface area contributed by atoms with Gasteiger partial charge in [0.15, 0.2) is 0 Å². The Kier molecular flexibility index (Phi) is 3.37. The molecule has 0 saturated heterocycles. The first-order valence-electron chi connectivity index (χ1n) is 5.03. The highest BCUT2D eigenvalue weighted by molar-refractivity contribution is 5.54. The van der Waals surface area contributed by atoms with Gasteiger partial charge >= 0.3 is 6.18 Å². The Hall–Kier alpha value is -1.70. The lowest BCUT2D eigenvalue weighted by molar-refractivity contribution is -0.137. The van der Waals surface area contributed by atoms with Crippen molar-refractivity contribution < 1.29 is 13.2 Å². The van der Waals surface area contributed by atoms with Gasteiger partial charge in [-0.25, -0.2) is 0 Å². The van der Waals surface area contributed by atoms with Gasteiger partial charge in [-0.15, -0.1) is 0 Å². The molecule has 0 fully saturated rings. The fourth-order valence-corrected chi connectivity index (χ4v) is 1.39. The van der Waals surface area contributed by atoms with Crippen molar-refractivity contribution >= 4 is 5.69 Å². The van der Waals surface area contributed by atoms with Crippen molar-refractivity contribution in [2.75, 3.05) is 5.32 Å². The first kappa shape index (κ1) is 13.4. The maximum Gasteiger partial charge on any atom is 0.417 e. The Balaban J connectivity index is 3.20. The van der Waals surface area contributed by atoms with Crippen molar-refractivity contribution in [3.05, 3.63) is 29.3 Å². The zero-order valence-corrected chi connectivity index (χ0v) is 9.81. The molecule has 0 aliphatic heterocycles. The third-order valence-corrected chi connectivity index (χ3v) is 1.96. The van der Waals surface area contributed by atoms with Crippen LogP contribution in [0.4, 0.5) is 18.9 Å². The van der Waals surface area contributed by atoms with Crippen LogP contribution in [-0.2, 0) is 6.18 Å². The van der Waals surface area contributed by atoms with Crippen LogP contribution in [0.2, 0.25) is 0 Å². The summed E-state index contributed by atoms with van der Waals surface area (Å²) in [5.41, 5.74) is -1.26. The van der Waals surface area contributed by atoms with E-state index in [2.05, 4.69) is 5.32 Å². The van der Waals surface area contributed by atoms with Gasteiger partial charge in [0, 0.05) is 11.2 Å². The third-order valence-electron chi connectivity index (χ3n) is 1.96. The number of nitriles is 1. The van der Waals surface area contributed by atoms with E-state index in [0.717, 1.165) is 6.07 Å². The van der Waals surface area contributed by atoms with E-state index in [9.17, 15) is 13.2 Å². The van der Waals surface area contributed by atoms with Gasteiger partial charge in [-0.1, -0.05) is 0 Å². The summed E-state index contributed by atoms with van der Waals surface area (Å²) in [4.78, 5) is 0. The predicted molar refractivity (Wildman–Crippen MR) is 59.5 cm³/mol. The molecule has 0 radical (unpaired) electrons. The van der Waals surface area contributed by atoms with Crippen molar-refractivity contribution in [3.8, 4) is 6.07 Å². The average molecular weight is 242 g/mol. The van der Waals surface area contributed by atoms with E-state index in [-0.39, 0.29) is 11.1 Å². The van der Waals surface area contributed by atoms with E-state index in [1.54, 1.807) is 6.07 Å². The second-order valence-corrected chi connectivity index (χ2v) is 4.74. The van der Waals surface area contributed by atoms with Gasteiger partial charge in [0.05, 0.1) is 17.2 Å². The van der Waals surface area contributed by atoms with Gasteiger partial charge in [-0.2, -0.15) is 18.4 Å². The van der Waals surface area contributed by atoms with E-state index in [1.165, 1.54) is 12.1 Å². The third kappa shape index (κ3) is 3.66. The molecule has 0 saturated carbocycles. The summed E-state index contributed by atoms with van der Waals surface area (Å²) in [6, 6.07) is 5.16. The number of benzene rings is 1. The molecule has 0 bridgehead atoms. The van der Waals surface area contributed by atoms with Crippen LogP contribution >= 0.6 is 0 Å². The largest absolute Gasteiger partial charge is 0.417 e. The molecule has 0 atom stereocenters. The number of alkyl halides is 3. The van der Waals surface area contributed by atoms with Crippen molar-refractivity contribution in [2.24, 2.45) is 0 Å². The molecule has 17 heavy (non-hydrogen) atoms. The predicted octanol–water partition coefficient (Wildman–Crippen LogP) is 3.79. The van der Waals surface area contributed by atoms with Crippen LogP contribution in [-0.4, -0.2) is 5.54 Å². The molecule has 1 aromatic rings. The van der Waals surface area contributed by atoms with Gasteiger partial charge in [-0.05, 0) is 39.0 Å². The Morgan fingerprint density at radius 3 is 2.18 bits per heavy atom. The standard InChI is InChI=1S/C12H13F3N2/c1-11(2,3)17-9-5-4-8(7-16)10(6-9)12(13,14)15/h4-6,17H,1-3H3. The Morgan fingerprint density at radius 1 is 1.18 bits per heavy atom. The Bertz CT molecular complexity index is 450. The topological polar surface area (TPSA) is 35.8 Å². The van der Waals surface area contributed by atoms with Crippen molar-refractivity contribution in [3.63, 3.8) is 0 Å². The van der Waals surface area contributed by atoms with Crippen LogP contribution in [0.5, 0.6) is 0 Å². The first-order valence-corrected chi connectivity index (χ1v) is 5.03. The Morgan fingerprint density at radius 2 is 1.76 bits per heavy atom. The molecule has 0 unspecified atom stereocenters. The van der Waals surface area contributed by atoms with Crippen LogP contribution < -0.4 is 5.32 Å². The SMILES string of the molecule is CC(C)(C)Nc1ccc(C#N)c(C(F)(F)F)c1. The molecule has 1 N–H and O–H groups in total. The molecule has 0 spiro atoms. The highest BCUT2D eigenvalue weighted by Crippen LogP contribution is 2.34. The lowest BCUT2D eigenvalue weighted by atomic mass is 10.0. The normalized spacial score (nSPS) is 12.1. The minimum absolute atomic E-state index is 0.336. The fraction of sp³-hybridized carbons (Fsp3) is 0.417. The summed E-state index contributed by atoms with van der Waals surface area (Å²) >= 11 is 0. The summed E-state index contributed by atoms with van der Waals surface area (Å²) in [6.45, 7) is 5.54. The molecule has 92 valence electrons. The number of anilines is 1. The quantitative estimate of drug-likeness (QED) is 0.813. The van der Waals surface area contributed by atoms with Gasteiger partial charge in [0.25, 0.3) is 0 Å². The molecule has 1 aromatic carbocycles. The second kappa shape index (κ2) is 4.28. The fourth-order valence-electron chi connectivity index (χ4n) is 1.39. The van der Waals surface area contributed by atoms with E-state index < -0.39 is 11.7 Å². The van der Waals surface area contributed by atoms with Gasteiger partial charge in [-0.3, -0.25) is 0 Å². The molecule has 0 aromatic heterocycles. The Labute approximate surface area is 98.1 Å². The van der Waals surface area contributed by atoms with Crippen LogP contribution in [0.3, 0.4) is 0 Å². The molecule has 0 aliphatic carbocycles. The van der Waals surface area contributed by atoms with E-state index in [0.29, 0.717) is 5.69 Å². The van der Waals surface area contributed by atoms with Gasteiger partial charge in [0.2, 0.25) is 0 Å². The number of nitrogens with one attached hydrogen (secondary N) is 1. The lowest BCUT2D eigenvalue weighted by Gasteiger charge is -2.23. The summed E-state index contributed by atoms with van der Waals surface area (Å²) in [5, 5.41) is 11.6. The lowest BCUT2D eigenvalue weighted by Crippen LogP contribution is -2.26. The minimum Gasteiger partial charge on any atom is -0.380 e. The number of hydrogen-bond donors (Lipinski definition) is 1. The van der Waals surface area contributed by atoms with E-state index >= 15 is 0 Å². The van der Waals surface area contributed by atoms with Crippen LogP contribution in [0.1, 0.15) is 31.9 Å².